The molecule has 0 aliphatic heterocycles. The van der Waals surface area contributed by atoms with Gasteiger partial charge >= 0.3 is 31.1 Å². The van der Waals surface area contributed by atoms with Gasteiger partial charge in [-0.25, -0.2) is 13.2 Å². The van der Waals surface area contributed by atoms with Crippen LogP contribution >= 0.6 is 0 Å². The number of benzene rings is 3. The molecule has 0 heterocycles. The van der Waals surface area contributed by atoms with Crippen LogP contribution in [0.25, 0.3) is 0 Å². The smallest absolute Gasteiger partial charge is 0.507 e. The maximum absolute atomic E-state index is 12.0. The summed E-state index contributed by atoms with van der Waals surface area (Å²) in [5.74, 6) is -9.74. The number of hydrogen-bond donors (Lipinski definition) is 1. The summed E-state index contributed by atoms with van der Waals surface area (Å²) in [6.07, 6.45) is 1.73. The van der Waals surface area contributed by atoms with Crippen molar-refractivity contribution in [2.24, 2.45) is 4.99 Å². The zero-order valence-corrected chi connectivity index (χ0v) is 24.5. The molecule has 0 unspecified atom stereocenters. The first-order valence-electron chi connectivity index (χ1n) is 10.4. The molecule has 0 aromatic heterocycles. The normalized spacial score (nSPS) is 11.6. The van der Waals surface area contributed by atoms with E-state index in [0.717, 1.165) is 22.9 Å². The molecule has 0 radical (unpaired) electrons. The predicted molar refractivity (Wildman–Crippen MR) is 123 cm³/mol. The molecule has 0 amide bonds. The Morgan fingerprint density at radius 1 is 0.829 bits per heavy atom. The van der Waals surface area contributed by atoms with Gasteiger partial charge in [-0.15, -0.1) is 12.1 Å². The monoisotopic (exact) mass is 713 g/mol. The van der Waals surface area contributed by atoms with Gasteiger partial charge in [0.05, 0.1) is 29.1 Å². The van der Waals surface area contributed by atoms with E-state index in [2.05, 4.69) is 58.7 Å². The van der Waals surface area contributed by atoms with Gasteiger partial charge in [0, 0.05) is 17.3 Å². The van der Waals surface area contributed by atoms with Crippen LogP contribution in [0.5, 0.6) is 5.75 Å². The van der Waals surface area contributed by atoms with E-state index < -0.39 is 29.1 Å². The van der Waals surface area contributed by atoms with E-state index in [-0.39, 0.29) is 41.9 Å². The molecule has 0 saturated heterocycles. The van der Waals surface area contributed by atoms with Gasteiger partial charge in [-0.3, -0.25) is 13.8 Å². The summed E-state index contributed by atoms with van der Waals surface area (Å²) in [5.41, 5.74) is 3.52. The summed E-state index contributed by atoms with van der Waals surface area (Å²) in [6, 6.07) is 15.8. The van der Waals surface area contributed by atoms with Crippen molar-refractivity contribution in [2.75, 3.05) is 0 Å². The van der Waals surface area contributed by atoms with Crippen LogP contribution in [0.4, 0.5) is 27.6 Å². The molecule has 3 aromatic rings. The fourth-order valence-corrected chi connectivity index (χ4v) is 2.86. The predicted octanol–water partition coefficient (Wildman–Crippen LogP) is 7.72. The van der Waals surface area contributed by atoms with Crippen molar-refractivity contribution in [3.63, 3.8) is 0 Å². The molecule has 2 nitrogen and oxygen atoms in total. The second-order valence-corrected chi connectivity index (χ2v) is 9.66. The minimum absolute atomic E-state index is 0. The summed E-state index contributed by atoms with van der Waals surface area (Å²) in [4.78, 5) is 4.44. The van der Waals surface area contributed by atoms with Crippen LogP contribution in [0, 0.1) is 72.3 Å². The molecule has 0 bridgehead atoms. The van der Waals surface area contributed by atoms with Crippen LogP contribution in [0.15, 0.2) is 41.4 Å². The zero-order chi connectivity index (χ0) is 25.8. The Balaban J connectivity index is 0.000000430. The largest absolute Gasteiger partial charge is 2.00 e. The van der Waals surface area contributed by atoms with Crippen molar-refractivity contribution in [2.45, 2.75) is 52.4 Å². The quantitative estimate of drug-likeness (QED) is 0.0954. The van der Waals surface area contributed by atoms with Crippen LogP contribution in [-0.4, -0.2) is 11.3 Å². The molecule has 3 aromatic carbocycles. The molecule has 8 heteroatoms. The summed E-state index contributed by atoms with van der Waals surface area (Å²) < 4.78 is 59.9. The van der Waals surface area contributed by atoms with Gasteiger partial charge in [0.1, 0.15) is 5.75 Å². The Morgan fingerprint density at radius 3 is 1.86 bits per heavy atom. The molecule has 0 aliphatic carbocycles. The maximum atomic E-state index is 12.0. The molecule has 0 fully saturated rings. The van der Waals surface area contributed by atoms with Gasteiger partial charge < -0.3 is 5.11 Å². The van der Waals surface area contributed by atoms with Crippen molar-refractivity contribution in [1.82, 2.24) is 0 Å². The van der Waals surface area contributed by atoms with Crippen molar-refractivity contribution in [1.29, 1.82) is 0 Å². The topological polar surface area (TPSA) is 32.6 Å². The first-order chi connectivity index (χ1) is 15.6. The number of aliphatic imine (C=N–C) groups is 1. The third-order valence-corrected chi connectivity index (χ3v) is 4.84. The molecular formula is C27H26F5NOU. The molecule has 3 rings (SSSR count). The molecule has 0 atom stereocenters. The minimum Gasteiger partial charge on any atom is -0.507 e. The number of para-hydroxylation sites is 1. The van der Waals surface area contributed by atoms with Crippen molar-refractivity contribution in [3.05, 3.63) is 94.3 Å². The number of phenols is 1. The molecular weight excluding hydrogens is 687 g/mol. The molecule has 0 aliphatic rings. The van der Waals surface area contributed by atoms with E-state index in [4.69, 9.17) is 0 Å². The van der Waals surface area contributed by atoms with Gasteiger partial charge in [0.2, 0.25) is 0 Å². The Bertz CT molecular complexity index is 1160. The van der Waals surface area contributed by atoms with E-state index in [9.17, 15) is 27.1 Å². The number of rotatable bonds is 2. The van der Waals surface area contributed by atoms with Crippen LogP contribution in [0.2, 0.25) is 0 Å². The number of aromatic hydroxyl groups is 1. The number of phenolic OH excluding ortho intramolecular Hbond substituents is 1. The van der Waals surface area contributed by atoms with Gasteiger partial charge in [-0.2, -0.15) is 24.3 Å². The number of halogens is 5. The van der Waals surface area contributed by atoms with Crippen molar-refractivity contribution in [3.8, 4) is 5.75 Å². The van der Waals surface area contributed by atoms with Crippen LogP contribution in [-0.2, 0) is 10.8 Å². The van der Waals surface area contributed by atoms with Crippen molar-refractivity contribution >= 4 is 11.9 Å². The Kier molecular flexibility index (Phi) is 10.7. The van der Waals surface area contributed by atoms with Crippen LogP contribution in [0.1, 0.15) is 58.2 Å². The molecule has 0 saturated carbocycles. The summed E-state index contributed by atoms with van der Waals surface area (Å²) in [7, 11) is 0. The number of hydrogen-bond acceptors (Lipinski definition) is 2. The fourth-order valence-electron chi connectivity index (χ4n) is 2.86. The molecule has 184 valence electrons. The first-order valence-corrected chi connectivity index (χ1v) is 10.4. The SMILES string of the molecule is CC(C)(C)c1cc(C=Nc2[c-]cccc2)c(O)c(C(C)(C)C)c1.Fc1[c-]c(F)c(F)c(F)c1F.[U+2]. The van der Waals surface area contributed by atoms with E-state index in [1.807, 2.05) is 30.3 Å². The minimum atomic E-state index is -2.17. The Labute approximate surface area is 226 Å². The summed E-state index contributed by atoms with van der Waals surface area (Å²) in [6.45, 7) is 12.9. The third-order valence-electron chi connectivity index (χ3n) is 4.84. The fraction of sp³-hybridized carbons (Fsp3) is 0.296. The van der Waals surface area contributed by atoms with E-state index in [1.54, 1.807) is 6.21 Å². The van der Waals surface area contributed by atoms with Gasteiger partial charge in [-0.1, -0.05) is 47.6 Å². The van der Waals surface area contributed by atoms with Crippen LogP contribution in [0.3, 0.4) is 0 Å². The average molecular weight is 714 g/mol. The molecule has 35 heavy (non-hydrogen) atoms. The Hall–Kier alpha value is -2.17. The molecule has 1 N–H and O–H groups in total. The average Bonchev–Trinajstić information content (AvgIpc) is 2.75. The second-order valence-electron chi connectivity index (χ2n) is 9.66. The standard InChI is InChI=1S/C21H26NO.C6F5.U/c1-20(2,3)16-12-15(14-22-17-10-8-7-9-11-17)19(23)18(13-16)21(4,5)6;7-2-1-3(8)5(10)6(11)4(2)9;/h7-10,12-14,23H,1-6H3;;/q2*-1;+2. The zero-order valence-electron chi connectivity index (χ0n) is 20.3. The van der Waals surface area contributed by atoms with E-state index in [1.165, 1.54) is 5.56 Å². The van der Waals surface area contributed by atoms with Gasteiger partial charge in [0.15, 0.2) is 0 Å². The van der Waals surface area contributed by atoms with Crippen molar-refractivity contribution < 1.29 is 58.2 Å². The number of nitrogens with zero attached hydrogens (tertiary/aromatic N) is 1. The van der Waals surface area contributed by atoms with Gasteiger partial charge in [0.25, 0.3) is 0 Å². The van der Waals surface area contributed by atoms with Gasteiger partial charge in [-0.05, 0) is 28.1 Å². The summed E-state index contributed by atoms with van der Waals surface area (Å²) >= 11 is 0. The van der Waals surface area contributed by atoms with E-state index in [0.29, 0.717) is 5.75 Å². The molecule has 0 spiro atoms. The second kappa shape index (κ2) is 12.2. The van der Waals surface area contributed by atoms with Crippen LogP contribution < -0.4 is 0 Å². The summed E-state index contributed by atoms with van der Waals surface area (Å²) in [5, 5.41) is 10.7. The maximum Gasteiger partial charge on any atom is 2.00 e. The Morgan fingerprint density at radius 2 is 1.40 bits per heavy atom. The first kappa shape index (κ1) is 30.9. The van der Waals surface area contributed by atoms with E-state index >= 15 is 0 Å². The third kappa shape index (κ3) is 8.18.